The van der Waals surface area contributed by atoms with Crippen LogP contribution in [-0.4, -0.2) is 62.7 Å². The Labute approximate surface area is 146 Å². The van der Waals surface area contributed by atoms with E-state index in [1.54, 1.807) is 0 Å². The van der Waals surface area contributed by atoms with Crippen molar-refractivity contribution in [2.24, 2.45) is 0 Å². The highest BCUT2D eigenvalue weighted by Gasteiger charge is 2.58. The van der Waals surface area contributed by atoms with E-state index in [4.69, 9.17) is 0 Å². The van der Waals surface area contributed by atoms with Gasteiger partial charge in [-0.25, -0.2) is 4.79 Å². The van der Waals surface area contributed by atoms with Gasteiger partial charge < -0.3 is 14.2 Å². The maximum atomic E-state index is 12.7. The molecule has 0 amide bonds. The molecule has 0 unspecified atom stereocenters. The zero-order chi connectivity index (χ0) is 21.7. The fourth-order valence-corrected chi connectivity index (χ4v) is 1.17. The predicted octanol–water partition coefficient (Wildman–Crippen LogP) is 3.90. The molecule has 0 atom stereocenters. The average Bonchev–Trinajstić information content (AvgIpc) is 2.43. The largest absolute Gasteiger partial charge is 0.455 e. The molecule has 0 bridgehead atoms. The van der Waals surface area contributed by atoms with Gasteiger partial charge in [-0.15, -0.1) is 0 Å². The Kier molecular flexibility index (Phi) is 8.55. The monoisotopic (exact) mass is 424 g/mol. The number of ether oxygens (including phenoxy) is 3. The van der Waals surface area contributed by atoms with Crippen molar-refractivity contribution in [1.82, 2.24) is 0 Å². The third-order valence-electron chi connectivity index (χ3n) is 2.63. The molecule has 0 aliphatic heterocycles. The molecular formula is C13H14F10O4. The quantitative estimate of drug-likeness (QED) is 0.303. The molecule has 0 spiro atoms. The molecule has 0 saturated carbocycles. The lowest BCUT2D eigenvalue weighted by Crippen LogP contribution is -2.43. The highest BCUT2D eigenvalue weighted by Crippen LogP contribution is 2.36. The van der Waals surface area contributed by atoms with E-state index in [0.717, 1.165) is 6.92 Å². The van der Waals surface area contributed by atoms with Crippen molar-refractivity contribution in [3.63, 3.8) is 0 Å². The van der Waals surface area contributed by atoms with Crippen molar-refractivity contribution >= 4 is 5.97 Å². The van der Waals surface area contributed by atoms with Crippen LogP contribution in [0.15, 0.2) is 12.2 Å². The first-order chi connectivity index (χ1) is 11.9. The Hall–Kier alpha value is -1.57. The predicted molar refractivity (Wildman–Crippen MR) is 68.3 cm³/mol. The van der Waals surface area contributed by atoms with E-state index in [-0.39, 0.29) is 5.57 Å². The maximum absolute atomic E-state index is 12.7. The minimum absolute atomic E-state index is 0.277. The molecule has 14 heteroatoms. The Morgan fingerprint density at radius 1 is 0.815 bits per heavy atom. The van der Waals surface area contributed by atoms with Crippen LogP contribution in [0.5, 0.6) is 0 Å². The minimum Gasteiger partial charge on any atom is -0.454 e. The molecule has 4 nitrogen and oxygen atoms in total. The summed E-state index contributed by atoms with van der Waals surface area (Å²) in [7, 11) is 0. The van der Waals surface area contributed by atoms with E-state index < -0.39 is 62.7 Å². The van der Waals surface area contributed by atoms with E-state index >= 15 is 0 Å². The molecule has 160 valence electrons. The van der Waals surface area contributed by atoms with Crippen LogP contribution in [-0.2, 0) is 19.0 Å². The average molecular weight is 424 g/mol. The van der Waals surface area contributed by atoms with E-state index in [1.807, 2.05) is 0 Å². The summed E-state index contributed by atoms with van der Waals surface area (Å²) < 4.78 is 135. The number of hydrogen-bond donors (Lipinski definition) is 0. The summed E-state index contributed by atoms with van der Waals surface area (Å²) in [5, 5.41) is 0. The number of rotatable bonds is 10. The molecule has 0 aromatic carbocycles. The van der Waals surface area contributed by atoms with Gasteiger partial charge in [0.05, 0.1) is 13.2 Å². The zero-order valence-electron chi connectivity index (χ0n) is 13.5. The fourth-order valence-electron chi connectivity index (χ4n) is 1.17. The Morgan fingerprint density at radius 2 is 1.15 bits per heavy atom. The second-order valence-corrected chi connectivity index (χ2v) is 5.24. The number of carbonyl (C=O) groups excluding carboxylic acids is 1. The number of halogens is 10. The molecule has 0 aliphatic rings. The van der Waals surface area contributed by atoms with Gasteiger partial charge in [0.25, 0.3) is 0 Å². The lowest BCUT2D eigenvalue weighted by Gasteiger charge is -2.23. The molecule has 27 heavy (non-hydrogen) atoms. The van der Waals surface area contributed by atoms with Crippen LogP contribution in [0.1, 0.15) is 6.92 Å². The van der Waals surface area contributed by atoms with Gasteiger partial charge in [-0.2, -0.15) is 43.9 Å². The smallest absolute Gasteiger partial charge is 0.454 e. The van der Waals surface area contributed by atoms with Crippen molar-refractivity contribution in [2.45, 2.75) is 37.2 Å². The van der Waals surface area contributed by atoms with E-state index in [9.17, 15) is 48.7 Å². The lowest BCUT2D eigenvalue weighted by molar-refractivity contribution is -0.301. The molecule has 0 N–H and O–H groups in total. The van der Waals surface area contributed by atoms with Crippen LogP contribution in [0.25, 0.3) is 0 Å². The van der Waals surface area contributed by atoms with E-state index in [1.165, 1.54) is 0 Å². The van der Waals surface area contributed by atoms with Crippen LogP contribution in [0.2, 0.25) is 0 Å². The van der Waals surface area contributed by atoms with Gasteiger partial charge in [-0.3, -0.25) is 0 Å². The van der Waals surface area contributed by atoms with Crippen molar-refractivity contribution in [2.75, 3.05) is 26.4 Å². The topological polar surface area (TPSA) is 44.8 Å². The van der Waals surface area contributed by atoms with Gasteiger partial charge in [-0.05, 0) is 6.92 Å². The van der Waals surface area contributed by atoms with Crippen LogP contribution < -0.4 is 0 Å². The SMILES string of the molecule is C=C(C)C(=O)OC(COCC(F)(F)C(F)(F)F)COCC(F)(F)C(F)(F)F. The standard InChI is InChI=1S/C13H14F10O4/c1-7(2)9(24)27-8(3-25-5-10(14,15)12(18,19)20)4-26-6-11(16,17)13(21,22)23/h8H,1,3-6H2,2H3. The van der Waals surface area contributed by atoms with Gasteiger partial charge in [0.2, 0.25) is 0 Å². The molecule has 0 aromatic rings. The molecule has 0 saturated heterocycles. The molecule has 0 fully saturated rings. The second-order valence-electron chi connectivity index (χ2n) is 5.24. The lowest BCUT2D eigenvalue weighted by atomic mass is 10.3. The number of alkyl halides is 10. The Balaban J connectivity index is 4.81. The zero-order valence-corrected chi connectivity index (χ0v) is 13.5. The van der Waals surface area contributed by atoms with Gasteiger partial charge in [-0.1, -0.05) is 6.58 Å². The van der Waals surface area contributed by atoms with Crippen molar-refractivity contribution in [3.05, 3.63) is 12.2 Å². The van der Waals surface area contributed by atoms with Gasteiger partial charge in [0, 0.05) is 5.57 Å². The fraction of sp³-hybridized carbons (Fsp3) is 0.769. The molecule has 0 heterocycles. The van der Waals surface area contributed by atoms with Gasteiger partial charge >= 0.3 is 30.2 Å². The van der Waals surface area contributed by atoms with E-state index in [0.29, 0.717) is 0 Å². The molecule has 0 radical (unpaired) electrons. The van der Waals surface area contributed by atoms with Crippen LogP contribution in [0, 0.1) is 0 Å². The summed E-state index contributed by atoms with van der Waals surface area (Å²) in [6, 6.07) is 0. The Morgan fingerprint density at radius 3 is 1.41 bits per heavy atom. The van der Waals surface area contributed by atoms with E-state index in [2.05, 4.69) is 20.8 Å². The normalized spacial score (nSPS) is 13.8. The third-order valence-corrected chi connectivity index (χ3v) is 2.63. The van der Waals surface area contributed by atoms with Crippen LogP contribution >= 0.6 is 0 Å². The number of hydrogen-bond acceptors (Lipinski definition) is 4. The highest BCUT2D eigenvalue weighted by atomic mass is 19.4. The number of carbonyl (C=O) groups is 1. The summed E-state index contributed by atoms with van der Waals surface area (Å²) in [5.74, 6) is -11.8. The van der Waals surface area contributed by atoms with Crippen molar-refractivity contribution in [1.29, 1.82) is 0 Å². The van der Waals surface area contributed by atoms with Gasteiger partial charge in [0.1, 0.15) is 19.3 Å². The molecule has 0 aromatic heterocycles. The summed E-state index contributed by atoms with van der Waals surface area (Å²) in [6.07, 6.45) is -13.7. The van der Waals surface area contributed by atoms with Crippen LogP contribution in [0.4, 0.5) is 43.9 Å². The number of esters is 1. The minimum atomic E-state index is -5.94. The first-order valence-electron chi connectivity index (χ1n) is 6.82. The molecule has 0 aliphatic carbocycles. The van der Waals surface area contributed by atoms with Gasteiger partial charge in [0.15, 0.2) is 0 Å². The summed E-state index contributed by atoms with van der Waals surface area (Å²) in [4.78, 5) is 11.3. The highest BCUT2D eigenvalue weighted by molar-refractivity contribution is 5.87. The summed E-state index contributed by atoms with van der Waals surface area (Å²) in [5.41, 5.74) is -0.277. The van der Waals surface area contributed by atoms with Crippen molar-refractivity contribution in [3.8, 4) is 0 Å². The van der Waals surface area contributed by atoms with Crippen molar-refractivity contribution < 1.29 is 62.9 Å². The Bertz CT molecular complexity index is 480. The maximum Gasteiger partial charge on any atom is 0.455 e. The molecular weight excluding hydrogens is 410 g/mol. The van der Waals surface area contributed by atoms with Crippen LogP contribution in [0.3, 0.4) is 0 Å². The summed E-state index contributed by atoms with van der Waals surface area (Å²) in [6.45, 7) is -2.55. The summed E-state index contributed by atoms with van der Waals surface area (Å²) >= 11 is 0. The third kappa shape index (κ3) is 8.32. The second kappa shape index (κ2) is 9.08. The molecule has 0 rings (SSSR count). The first kappa shape index (κ1) is 25.4. The first-order valence-corrected chi connectivity index (χ1v) is 6.82.